The average molecular weight is 420 g/mol. The number of carbonyl (C=O) groups excluding carboxylic acids is 1. The summed E-state index contributed by atoms with van der Waals surface area (Å²) in [6, 6.07) is 12.6. The van der Waals surface area contributed by atoms with Crippen molar-refractivity contribution >= 4 is 28.2 Å². The lowest BCUT2D eigenvalue weighted by Crippen LogP contribution is -2.13. The second-order valence-corrected chi connectivity index (χ2v) is 8.25. The zero-order valence-corrected chi connectivity index (χ0v) is 17.9. The Kier molecular flexibility index (Phi) is 6.23. The lowest BCUT2D eigenvalue weighted by Gasteiger charge is -2.15. The van der Waals surface area contributed by atoms with Crippen LogP contribution in [0, 0.1) is 18.3 Å². The van der Waals surface area contributed by atoms with Gasteiger partial charge in [0, 0.05) is 49.6 Å². The number of anilines is 2. The third-order valence-electron chi connectivity index (χ3n) is 4.51. The fraction of sp³-hybridized carbons (Fsp3) is 0.182. The van der Waals surface area contributed by atoms with Gasteiger partial charge in [0.25, 0.3) is 5.91 Å². The summed E-state index contributed by atoms with van der Waals surface area (Å²) in [5, 5.41) is 12.7. The molecule has 0 spiro atoms. The molecule has 0 saturated carbocycles. The summed E-state index contributed by atoms with van der Waals surface area (Å²) in [5.41, 5.74) is 4.10. The van der Waals surface area contributed by atoms with Crippen LogP contribution in [0.25, 0.3) is 11.1 Å². The maximum Gasteiger partial charge on any atom is 0.255 e. The van der Waals surface area contributed by atoms with Gasteiger partial charge in [0.1, 0.15) is 16.9 Å². The van der Waals surface area contributed by atoms with Gasteiger partial charge in [-0.15, -0.1) is 0 Å². The lowest BCUT2D eigenvalue weighted by atomic mass is 10.00. The molecule has 0 bridgehead atoms. The van der Waals surface area contributed by atoms with Crippen molar-refractivity contribution in [2.24, 2.45) is 0 Å². The Balaban J connectivity index is 1.93. The van der Waals surface area contributed by atoms with E-state index in [0.29, 0.717) is 27.7 Å². The van der Waals surface area contributed by atoms with Gasteiger partial charge in [0.15, 0.2) is 0 Å². The molecule has 1 N–H and O–H groups in total. The molecule has 2 aromatic heterocycles. The van der Waals surface area contributed by atoms with Crippen LogP contribution in [0.2, 0.25) is 0 Å². The molecule has 152 valence electrons. The fourth-order valence-corrected chi connectivity index (χ4v) is 3.47. The summed E-state index contributed by atoms with van der Waals surface area (Å²) in [5.74, 6) is 0.280. The van der Waals surface area contributed by atoms with Crippen LogP contribution in [-0.2, 0) is 10.8 Å². The van der Waals surface area contributed by atoms with Crippen LogP contribution in [-0.4, -0.2) is 40.4 Å². The van der Waals surface area contributed by atoms with E-state index < -0.39 is 10.8 Å². The Morgan fingerprint density at radius 2 is 1.93 bits per heavy atom. The van der Waals surface area contributed by atoms with Crippen molar-refractivity contribution in [1.29, 1.82) is 5.26 Å². The first-order valence-electron chi connectivity index (χ1n) is 9.09. The second kappa shape index (κ2) is 8.84. The molecular formula is C22H21N5O2S. The smallest absolute Gasteiger partial charge is 0.255 e. The number of nitrogens with one attached hydrogen (secondary N) is 1. The summed E-state index contributed by atoms with van der Waals surface area (Å²) in [4.78, 5) is 22.9. The van der Waals surface area contributed by atoms with Crippen molar-refractivity contribution in [3.63, 3.8) is 0 Å². The first kappa shape index (κ1) is 21.1. The molecule has 0 aliphatic carbocycles. The summed E-state index contributed by atoms with van der Waals surface area (Å²) < 4.78 is 11.6. The van der Waals surface area contributed by atoms with E-state index in [1.54, 1.807) is 23.2 Å². The van der Waals surface area contributed by atoms with Gasteiger partial charge in [-0.1, -0.05) is 6.07 Å². The van der Waals surface area contributed by atoms with Crippen molar-refractivity contribution in [1.82, 2.24) is 9.97 Å². The highest BCUT2D eigenvalue weighted by Crippen LogP contribution is 2.29. The molecule has 7 nitrogen and oxygen atoms in total. The number of hydrogen-bond acceptors (Lipinski definition) is 6. The third kappa shape index (κ3) is 4.53. The van der Waals surface area contributed by atoms with E-state index in [4.69, 9.17) is 0 Å². The van der Waals surface area contributed by atoms with Gasteiger partial charge in [-0.05, 0) is 48.4 Å². The third-order valence-corrected chi connectivity index (χ3v) is 5.32. The molecule has 30 heavy (non-hydrogen) atoms. The summed E-state index contributed by atoms with van der Waals surface area (Å²) in [7, 11) is 2.40. The van der Waals surface area contributed by atoms with Gasteiger partial charge in [-0.2, -0.15) is 5.26 Å². The van der Waals surface area contributed by atoms with E-state index in [-0.39, 0.29) is 5.91 Å². The highest BCUT2D eigenvalue weighted by atomic mass is 32.2. The Morgan fingerprint density at radius 1 is 1.17 bits per heavy atom. The molecule has 8 heteroatoms. The first-order valence-corrected chi connectivity index (χ1v) is 10.6. The summed E-state index contributed by atoms with van der Waals surface area (Å²) in [6.45, 7) is 1.96. The van der Waals surface area contributed by atoms with E-state index in [0.717, 1.165) is 16.7 Å². The molecule has 3 rings (SSSR count). The van der Waals surface area contributed by atoms with Gasteiger partial charge >= 0.3 is 0 Å². The largest absolute Gasteiger partial charge is 0.362 e. The number of nitrogens with zero attached hydrogens (tertiary/aromatic N) is 4. The number of hydrogen-bond donors (Lipinski definition) is 1. The van der Waals surface area contributed by atoms with Crippen LogP contribution in [0.5, 0.6) is 0 Å². The molecule has 2 heterocycles. The van der Waals surface area contributed by atoms with E-state index in [9.17, 15) is 14.3 Å². The SMILES string of the molecule is Cc1ccc(NC(=O)c2ccnc(S(C)=O)c2)cc1-c1cnc(N(C)C)c(C#N)c1. The highest BCUT2D eigenvalue weighted by Gasteiger charge is 2.13. The number of pyridine rings is 2. The molecule has 1 unspecified atom stereocenters. The number of amides is 1. The molecule has 1 amide bonds. The van der Waals surface area contributed by atoms with E-state index in [1.807, 2.05) is 39.2 Å². The molecule has 0 saturated heterocycles. The van der Waals surface area contributed by atoms with Gasteiger partial charge in [0.05, 0.1) is 16.4 Å². The van der Waals surface area contributed by atoms with Gasteiger partial charge in [0.2, 0.25) is 0 Å². The maximum atomic E-state index is 12.6. The van der Waals surface area contributed by atoms with E-state index in [2.05, 4.69) is 21.4 Å². The lowest BCUT2D eigenvalue weighted by molar-refractivity contribution is 0.102. The van der Waals surface area contributed by atoms with Crippen molar-refractivity contribution in [3.05, 3.63) is 65.5 Å². The topological polar surface area (TPSA) is 99.0 Å². The van der Waals surface area contributed by atoms with Gasteiger partial charge < -0.3 is 10.2 Å². The second-order valence-electron chi connectivity index (χ2n) is 6.92. The monoisotopic (exact) mass is 419 g/mol. The van der Waals surface area contributed by atoms with Crippen LogP contribution < -0.4 is 10.2 Å². The first-order chi connectivity index (χ1) is 14.3. The summed E-state index contributed by atoms with van der Waals surface area (Å²) in [6.07, 6.45) is 4.70. The van der Waals surface area contributed by atoms with Crippen molar-refractivity contribution in [3.8, 4) is 17.2 Å². The normalized spacial score (nSPS) is 11.4. The number of benzene rings is 1. The molecule has 1 aromatic carbocycles. The van der Waals surface area contributed by atoms with Crippen molar-refractivity contribution in [2.75, 3.05) is 30.6 Å². The highest BCUT2D eigenvalue weighted by molar-refractivity contribution is 7.84. The minimum atomic E-state index is -1.27. The van der Waals surface area contributed by atoms with Crippen LogP contribution in [0.15, 0.2) is 53.8 Å². The van der Waals surface area contributed by atoms with Crippen LogP contribution in [0.4, 0.5) is 11.5 Å². The molecule has 0 aliphatic rings. The maximum absolute atomic E-state index is 12.6. The minimum absolute atomic E-state index is 0.322. The quantitative estimate of drug-likeness (QED) is 0.681. The molecule has 0 fully saturated rings. The number of carbonyl (C=O) groups is 1. The van der Waals surface area contributed by atoms with Crippen molar-refractivity contribution in [2.45, 2.75) is 11.9 Å². The Labute approximate surface area is 177 Å². The molecule has 0 aliphatic heterocycles. The number of aromatic nitrogens is 2. The van der Waals surface area contributed by atoms with Crippen LogP contribution >= 0.6 is 0 Å². The molecular weight excluding hydrogens is 398 g/mol. The minimum Gasteiger partial charge on any atom is -0.362 e. The zero-order chi connectivity index (χ0) is 21.8. The summed E-state index contributed by atoms with van der Waals surface area (Å²) >= 11 is 0. The standard InChI is InChI=1S/C22H21N5O2S/c1-14-5-6-18(26-22(28)15-7-8-24-20(10-15)30(4)29)11-19(14)17-9-16(12-23)21(25-13-17)27(2)3/h5-11,13H,1-4H3,(H,26,28). The van der Waals surface area contributed by atoms with Crippen LogP contribution in [0.3, 0.4) is 0 Å². The van der Waals surface area contributed by atoms with Gasteiger partial charge in [-0.25, -0.2) is 9.97 Å². The fourth-order valence-electron chi connectivity index (χ4n) is 2.97. The molecule has 3 aromatic rings. The number of aryl methyl sites for hydroxylation is 1. The number of nitriles is 1. The van der Waals surface area contributed by atoms with Gasteiger partial charge in [-0.3, -0.25) is 9.00 Å². The van der Waals surface area contributed by atoms with Crippen LogP contribution in [0.1, 0.15) is 21.5 Å². The van der Waals surface area contributed by atoms with E-state index in [1.165, 1.54) is 18.5 Å². The van der Waals surface area contributed by atoms with Crippen molar-refractivity contribution < 1.29 is 9.00 Å². The molecule has 1 atom stereocenters. The Morgan fingerprint density at radius 3 is 2.60 bits per heavy atom. The number of rotatable bonds is 5. The Hall–Kier alpha value is -3.57. The van der Waals surface area contributed by atoms with E-state index >= 15 is 0 Å². The predicted octanol–water partition coefficient (Wildman–Crippen LogP) is 3.38. The molecule has 0 radical (unpaired) electrons. The zero-order valence-electron chi connectivity index (χ0n) is 17.1. The predicted molar refractivity (Wildman–Crippen MR) is 118 cm³/mol. The Bertz CT molecular complexity index is 1180. The average Bonchev–Trinajstić information content (AvgIpc) is 2.74.